The molecule has 0 radical (unpaired) electrons. The number of benzene rings is 3. The number of aryl methyl sites for hydroxylation is 1. The van der Waals surface area contributed by atoms with Crippen molar-refractivity contribution in [3.05, 3.63) is 102 Å². The van der Waals surface area contributed by atoms with Gasteiger partial charge >= 0.3 is 0 Å². The summed E-state index contributed by atoms with van der Waals surface area (Å²) in [6, 6.07) is 29.3. The fourth-order valence-corrected chi connectivity index (χ4v) is 3.07. The zero-order chi connectivity index (χ0) is 18.2. The van der Waals surface area contributed by atoms with E-state index >= 15 is 0 Å². The van der Waals surface area contributed by atoms with Crippen LogP contribution in [0.15, 0.2) is 84.9 Å². The first-order valence-electron chi connectivity index (χ1n) is 8.91. The van der Waals surface area contributed by atoms with Crippen LogP contribution < -0.4 is 5.32 Å². The Morgan fingerprint density at radius 2 is 1.42 bits per heavy atom. The average molecular weight is 361 g/mol. The molecule has 0 amide bonds. The van der Waals surface area contributed by atoms with E-state index in [4.69, 9.17) is 12.2 Å². The largest absolute Gasteiger partial charge is 0.344 e. The van der Waals surface area contributed by atoms with Gasteiger partial charge in [-0.05, 0) is 48.8 Å². The van der Waals surface area contributed by atoms with Crippen molar-refractivity contribution in [1.82, 2.24) is 4.90 Å². The first-order valence-corrected chi connectivity index (χ1v) is 9.32. The summed E-state index contributed by atoms with van der Waals surface area (Å²) >= 11 is 5.71. The Bertz CT molecular complexity index is 814. The van der Waals surface area contributed by atoms with Gasteiger partial charge in [-0.15, -0.1) is 0 Å². The van der Waals surface area contributed by atoms with Gasteiger partial charge in [0.25, 0.3) is 0 Å². The summed E-state index contributed by atoms with van der Waals surface area (Å²) in [5, 5.41) is 4.12. The molecule has 26 heavy (non-hydrogen) atoms. The lowest BCUT2D eigenvalue weighted by molar-refractivity contribution is 0.423. The minimum absolute atomic E-state index is 0.757. The molecule has 0 saturated carbocycles. The minimum Gasteiger partial charge on any atom is -0.344 e. The van der Waals surface area contributed by atoms with E-state index in [1.165, 1.54) is 16.7 Å². The SMILES string of the molecule is Cc1ccc(CCN(Cc2ccccc2)C(=S)Nc2ccccc2)cc1. The highest BCUT2D eigenvalue weighted by Gasteiger charge is 2.11. The van der Waals surface area contributed by atoms with Crippen molar-refractivity contribution < 1.29 is 0 Å². The summed E-state index contributed by atoms with van der Waals surface area (Å²) in [4.78, 5) is 2.23. The van der Waals surface area contributed by atoms with Crippen molar-refractivity contribution in [2.45, 2.75) is 19.9 Å². The number of para-hydroxylation sites is 1. The molecule has 0 fully saturated rings. The average Bonchev–Trinajstić information content (AvgIpc) is 2.68. The lowest BCUT2D eigenvalue weighted by Crippen LogP contribution is -2.35. The predicted molar refractivity (Wildman–Crippen MR) is 114 cm³/mol. The number of nitrogens with one attached hydrogen (secondary N) is 1. The second kappa shape index (κ2) is 9.16. The van der Waals surface area contributed by atoms with E-state index < -0.39 is 0 Å². The van der Waals surface area contributed by atoms with Crippen LogP contribution in [-0.2, 0) is 13.0 Å². The van der Waals surface area contributed by atoms with Gasteiger partial charge in [0.05, 0.1) is 0 Å². The smallest absolute Gasteiger partial charge is 0.173 e. The first-order chi connectivity index (χ1) is 12.7. The maximum absolute atomic E-state index is 5.71. The number of hydrogen-bond acceptors (Lipinski definition) is 1. The van der Waals surface area contributed by atoms with Gasteiger partial charge < -0.3 is 10.2 Å². The number of anilines is 1. The van der Waals surface area contributed by atoms with E-state index in [2.05, 4.69) is 65.7 Å². The molecule has 0 spiro atoms. The summed E-state index contributed by atoms with van der Waals surface area (Å²) < 4.78 is 0. The van der Waals surface area contributed by atoms with Crippen molar-refractivity contribution in [2.24, 2.45) is 0 Å². The van der Waals surface area contributed by atoms with Crippen LogP contribution in [0.1, 0.15) is 16.7 Å². The Morgan fingerprint density at radius 3 is 2.08 bits per heavy atom. The Balaban J connectivity index is 1.70. The minimum atomic E-state index is 0.757. The Hall–Kier alpha value is -2.65. The summed E-state index contributed by atoms with van der Waals surface area (Å²) in [7, 11) is 0. The van der Waals surface area contributed by atoms with Crippen molar-refractivity contribution in [2.75, 3.05) is 11.9 Å². The fraction of sp³-hybridized carbons (Fsp3) is 0.174. The molecule has 3 heteroatoms. The molecular formula is C23H24N2S. The monoisotopic (exact) mass is 360 g/mol. The quantitative estimate of drug-likeness (QED) is 0.590. The lowest BCUT2D eigenvalue weighted by atomic mass is 10.1. The van der Waals surface area contributed by atoms with Crippen LogP contribution in [0.3, 0.4) is 0 Å². The van der Waals surface area contributed by atoms with E-state index in [9.17, 15) is 0 Å². The zero-order valence-corrected chi connectivity index (χ0v) is 15.9. The normalized spacial score (nSPS) is 10.3. The molecule has 0 saturated heterocycles. The van der Waals surface area contributed by atoms with Gasteiger partial charge in [-0.25, -0.2) is 0 Å². The number of rotatable bonds is 6. The van der Waals surface area contributed by atoms with Crippen molar-refractivity contribution >= 4 is 23.0 Å². The predicted octanol–water partition coefficient (Wildman–Crippen LogP) is 5.44. The summed E-state index contributed by atoms with van der Waals surface area (Å²) in [5.74, 6) is 0. The molecule has 0 aliphatic rings. The van der Waals surface area contributed by atoms with Gasteiger partial charge in [0.1, 0.15) is 0 Å². The number of nitrogens with zero attached hydrogens (tertiary/aromatic N) is 1. The topological polar surface area (TPSA) is 15.3 Å². The Morgan fingerprint density at radius 1 is 0.808 bits per heavy atom. The molecule has 0 heterocycles. The highest BCUT2D eigenvalue weighted by atomic mass is 32.1. The van der Waals surface area contributed by atoms with Crippen molar-refractivity contribution in [3.63, 3.8) is 0 Å². The fourth-order valence-electron chi connectivity index (χ4n) is 2.80. The molecule has 0 aliphatic carbocycles. The standard InChI is InChI=1S/C23H24N2S/c1-19-12-14-20(15-13-19)16-17-25(18-21-8-4-2-5-9-21)23(26)24-22-10-6-3-7-11-22/h2-15H,16-18H2,1H3,(H,24,26). The van der Waals surface area contributed by atoms with Gasteiger partial charge in [0.15, 0.2) is 5.11 Å². The highest BCUT2D eigenvalue weighted by molar-refractivity contribution is 7.80. The summed E-state index contributed by atoms with van der Waals surface area (Å²) in [6.07, 6.45) is 0.962. The Kier molecular flexibility index (Phi) is 6.39. The molecule has 0 atom stereocenters. The second-order valence-electron chi connectivity index (χ2n) is 6.44. The van der Waals surface area contributed by atoms with Crippen LogP contribution in [0, 0.1) is 6.92 Å². The van der Waals surface area contributed by atoms with Crippen molar-refractivity contribution in [3.8, 4) is 0 Å². The molecule has 0 bridgehead atoms. The number of thiocarbonyl (C=S) groups is 1. The van der Waals surface area contributed by atoms with Crippen LogP contribution in [0.2, 0.25) is 0 Å². The third-order valence-electron chi connectivity index (χ3n) is 4.32. The van der Waals surface area contributed by atoms with E-state index in [0.717, 1.165) is 30.3 Å². The van der Waals surface area contributed by atoms with E-state index in [1.54, 1.807) is 0 Å². The molecule has 2 nitrogen and oxygen atoms in total. The molecule has 132 valence electrons. The van der Waals surface area contributed by atoms with E-state index in [0.29, 0.717) is 0 Å². The van der Waals surface area contributed by atoms with Crippen LogP contribution in [0.4, 0.5) is 5.69 Å². The maximum Gasteiger partial charge on any atom is 0.173 e. The lowest BCUT2D eigenvalue weighted by Gasteiger charge is -2.26. The van der Waals surface area contributed by atoms with Crippen LogP contribution in [-0.4, -0.2) is 16.6 Å². The molecule has 3 aromatic rings. The molecule has 0 aromatic heterocycles. The third kappa shape index (κ3) is 5.43. The van der Waals surface area contributed by atoms with Gasteiger partial charge in [0.2, 0.25) is 0 Å². The van der Waals surface area contributed by atoms with E-state index in [1.807, 2.05) is 36.4 Å². The van der Waals surface area contributed by atoms with Gasteiger partial charge in [0, 0.05) is 18.8 Å². The van der Waals surface area contributed by atoms with Gasteiger partial charge in [-0.2, -0.15) is 0 Å². The van der Waals surface area contributed by atoms with Crippen molar-refractivity contribution in [1.29, 1.82) is 0 Å². The van der Waals surface area contributed by atoms with Crippen LogP contribution >= 0.6 is 12.2 Å². The molecule has 0 unspecified atom stereocenters. The van der Waals surface area contributed by atoms with E-state index in [-0.39, 0.29) is 0 Å². The molecular weight excluding hydrogens is 336 g/mol. The second-order valence-corrected chi connectivity index (χ2v) is 6.83. The van der Waals surface area contributed by atoms with Crippen LogP contribution in [0.5, 0.6) is 0 Å². The zero-order valence-electron chi connectivity index (χ0n) is 15.1. The third-order valence-corrected chi connectivity index (χ3v) is 4.68. The first kappa shape index (κ1) is 18.2. The van der Waals surface area contributed by atoms with Gasteiger partial charge in [-0.3, -0.25) is 0 Å². The molecule has 3 aromatic carbocycles. The molecule has 3 rings (SSSR count). The molecule has 1 N–H and O–H groups in total. The Labute approximate surface area is 161 Å². The molecule has 0 aliphatic heterocycles. The van der Waals surface area contributed by atoms with Crippen LogP contribution in [0.25, 0.3) is 0 Å². The highest BCUT2D eigenvalue weighted by Crippen LogP contribution is 2.12. The van der Waals surface area contributed by atoms with Gasteiger partial charge in [-0.1, -0.05) is 78.4 Å². The summed E-state index contributed by atoms with van der Waals surface area (Å²) in [5.41, 5.74) is 4.90. The number of hydrogen-bond donors (Lipinski definition) is 1. The maximum atomic E-state index is 5.71. The summed E-state index contributed by atoms with van der Waals surface area (Å²) in [6.45, 7) is 3.78.